The van der Waals surface area contributed by atoms with Gasteiger partial charge in [0.25, 0.3) is 0 Å². The molecule has 3 nitrogen and oxygen atoms in total. The molecule has 1 aromatic carbocycles. The zero-order valence-electron chi connectivity index (χ0n) is 12.7. The van der Waals surface area contributed by atoms with Crippen LogP contribution in [0.5, 0.6) is 5.75 Å². The van der Waals surface area contributed by atoms with Crippen molar-refractivity contribution in [3.05, 3.63) is 43.8 Å². The van der Waals surface area contributed by atoms with Crippen LogP contribution in [0.15, 0.2) is 22.0 Å². The summed E-state index contributed by atoms with van der Waals surface area (Å²) in [4.78, 5) is 4.55. The highest BCUT2D eigenvalue weighted by Gasteiger charge is 2.10. The Morgan fingerprint density at radius 2 is 2.14 bits per heavy atom. The lowest BCUT2D eigenvalue weighted by Crippen LogP contribution is -2.13. The van der Waals surface area contributed by atoms with Crippen LogP contribution in [0.1, 0.15) is 35.7 Å². The topological polar surface area (TPSA) is 34.1 Å². The average Bonchev–Trinajstić information content (AvgIpc) is 2.91. The minimum atomic E-state index is 0.526. The van der Waals surface area contributed by atoms with E-state index in [1.165, 1.54) is 5.56 Å². The van der Waals surface area contributed by atoms with E-state index in [4.69, 9.17) is 4.74 Å². The van der Waals surface area contributed by atoms with Crippen LogP contribution in [-0.2, 0) is 19.6 Å². The number of nitrogens with zero attached hydrogens (tertiary/aromatic N) is 1. The molecule has 0 spiro atoms. The molecule has 2 rings (SSSR count). The van der Waals surface area contributed by atoms with Gasteiger partial charge in [0.05, 0.1) is 10.7 Å². The normalized spacial score (nSPS) is 10.9. The molecule has 1 N–H and O–H groups in total. The number of rotatable bonds is 7. The number of hydrogen-bond acceptors (Lipinski definition) is 4. The maximum atomic E-state index is 6.05. The summed E-state index contributed by atoms with van der Waals surface area (Å²) < 4.78 is 7.13. The van der Waals surface area contributed by atoms with Gasteiger partial charge in [0.15, 0.2) is 0 Å². The van der Waals surface area contributed by atoms with Crippen molar-refractivity contribution in [2.24, 2.45) is 0 Å². The molecule has 1 heterocycles. The molecule has 0 amide bonds. The van der Waals surface area contributed by atoms with Crippen molar-refractivity contribution in [2.75, 3.05) is 6.54 Å². The van der Waals surface area contributed by atoms with Crippen LogP contribution >= 0.6 is 27.3 Å². The van der Waals surface area contributed by atoms with E-state index in [0.717, 1.165) is 46.0 Å². The van der Waals surface area contributed by atoms with Crippen LogP contribution in [0.3, 0.4) is 0 Å². The Morgan fingerprint density at radius 3 is 2.81 bits per heavy atom. The van der Waals surface area contributed by atoms with Gasteiger partial charge in [-0.25, -0.2) is 4.98 Å². The lowest BCUT2D eigenvalue weighted by Gasteiger charge is -2.14. The highest BCUT2D eigenvalue weighted by molar-refractivity contribution is 9.10. The summed E-state index contributed by atoms with van der Waals surface area (Å²) >= 11 is 5.25. The third-order valence-electron chi connectivity index (χ3n) is 3.15. The van der Waals surface area contributed by atoms with E-state index in [9.17, 15) is 0 Å². The maximum Gasteiger partial charge on any atom is 0.131 e. The molecule has 1 aromatic heterocycles. The van der Waals surface area contributed by atoms with Gasteiger partial charge in [0.2, 0.25) is 0 Å². The molecule has 0 radical (unpaired) electrons. The quantitative estimate of drug-likeness (QED) is 0.782. The highest BCUT2D eigenvalue weighted by atomic mass is 79.9. The van der Waals surface area contributed by atoms with Gasteiger partial charge in [-0.05, 0) is 37.6 Å². The molecule has 0 saturated heterocycles. The van der Waals surface area contributed by atoms with Gasteiger partial charge in [-0.2, -0.15) is 0 Å². The number of hydrogen-bond donors (Lipinski definition) is 1. The number of aromatic nitrogens is 1. The Morgan fingerprint density at radius 1 is 1.33 bits per heavy atom. The first-order valence-electron chi connectivity index (χ1n) is 7.19. The monoisotopic (exact) mass is 368 g/mol. The van der Waals surface area contributed by atoms with Crippen molar-refractivity contribution in [3.8, 4) is 5.75 Å². The van der Waals surface area contributed by atoms with Gasteiger partial charge in [0.1, 0.15) is 12.4 Å². The first-order chi connectivity index (χ1) is 10.1. The summed E-state index contributed by atoms with van der Waals surface area (Å²) in [5, 5.41) is 6.60. The summed E-state index contributed by atoms with van der Waals surface area (Å²) in [5.74, 6) is 0.963. The van der Waals surface area contributed by atoms with Crippen molar-refractivity contribution >= 4 is 27.3 Å². The molecule has 0 aliphatic carbocycles. The molecule has 21 heavy (non-hydrogen) atoms. The number of aryl methyl sites for hydroxylation is 2. The van der Waals surface area contributed by atoms with Crippen LogP contribution < -0.4 is 10.1 Å². The van der Waals surface area contributed by atoms with Gasteiger partial charge >= 0.3 is 0 Å². The predicted molar refractivity (Wildman–Crippen MR) is 92.1 cm³/mol. The van der Waals surface area contributed by atoms with E-state index in [1.54, 1.807) is 11.3 Å². The Kier molecular flexibility index (Phi) is 6.21. The zero-order chi connectivity index (χ0) is 15.2. The fourth-order valence-electron chi connectivity index (χ4n) is 2.12. The fraction of sp³-hybridized carbons (Fsp3) is 0.438. The predicted octanol–water partition coefficient (Wildman–Crippen LogP) is 4.46. The van der Waals surface area contributed by atoms with Gasteiger partial charge in [-0.1, -0.05) is 29.8 Å². The van der Waals surface area contributed by atoms with Crippen LogP contribution in [0.25, 0.3) is 0 Å². The molecule has 0 saturated carbocycles. The Labute approximate surface area is 138 Å². The van der Waals surface area contributed by atoms with E-state index in [0.29, 0.717) is 6.61 Å². The zero-order valence-corrected chi connectivity index (χ0v) is 15.1. The standard InChI is InChI=1S/C16H21BrN2OS/c1-4-15-19-14(10-21-15)9-20-16-11(3)6-13(17)7-12(16)8-18-5-2/h6-7,10,18H,4-5,8-9H2,1-3H3. The van der Waals surface area contributed by atoms with E-state index in [2.05, 4.69) is 64.5 Å². The van der Waals surface area contributed by atoms with E-state index < -0.39 is 0 Å². The lowest BCUT2D eigenvalue weighted by molar-refractivity contribution is 0.296. The van der Waals surface area contributed by atoms with Crippen molar-refractivity contribution in [1.82, 2.24) is 10.3 Å². The minimum Gasteiger partial charge on any atom is -0.487 e. The average molecular weight is 369 g/mol. The molecule has 0 aliphatic heterocycles. The number of nitrogens with one attached hydrogen (secondary N) is 1. The summed E-state index contributed by atoms with van der Waals surface area (Å²) in [6.45, 7) is 8.58. The van der Waals surface area contributed by atoms with Crippen molar-refractivity contribution in [2.45, 2.75) is 40.3 Å². The van der Waals surface area contributed by atoms with Crippen LogP contribution in [-0.4, -0.2) is 11.5 Å². The molecular weight excluding hydrogens is 348 g/mol. The van der Waals surface area contributed by atoms with Gasteiger partial charge in [0, 0.05) is 22.0 Å². The second kappa shape index (κ2) is 7.92. The van der Waals surface area contributed by atoms with Gasteiger partial charge in [-0.15, -0.1) is 11.3 Å². The van der Waals surface area contributed by atoms with E-state index in [-0.39, 0.29) is 0 Å². The molecule has 114 valence electrons. The summed E-state index contributed by atoms with van der Waals surface area (Å²) in [7, 11) is 0. The van der Waals surface area contributed by atoms with Gasteiger partial charge in [-0.3, -0.25) is 0 Å². The molecule has 0 atom stereocenters. The highest BCUT2D eigenvalue weighted by Crippen LogP contribution is 2.29. The Hall–Kier alpha value is -0.910. The van der Waals surface area contributed by atoms with Crippen LogP contribution in [0.4, 0.5) is 0 Å². The third-order valence-corrected chi connectivity index (χ3v) is 4.65. The van der Waals surface area contributed by atoms with Crippen LogP contribution in [0, 0.1) is 6.92 Å². The lowest BCUT2D eigenvalue weighted by atomic mass is 10.1. The number of ether oxygens (including phenoxy) is 1. The molecule has 5 heteroatoms. The fourth-order valence-corrected chi connectivity index (χ4v) is 3.47. The van der Waals surface area contributed by atoms with Crippen molar-refractivity contribution in [1.29, 1.82) is 0 Å². The minimum absolute atomic E-state index is 0.526. The Balaban J connectivity index is 2.13. The molecule has 2 aromatic rings. The SMILES string of the molecule is CCNCc1cc(Br)cc(C)c1OCc1csc(CC)n1. The first kappa shape index (κ1) is 16.5. The van der Waals surface area contributed by atoms with E-state index >= 15 is 0 Å². The second-order valence-corrected chi connectivity index (χ2v) is 6.72. The summed E-state index contributed by atoms with van der Waals surface area (Å²) in [6.07, 6.45) is 0.980. The van der Waals surface area contributed by atoms with Gasteiger partial charge < -0.3 is 10.1 Å². The number of benzene rings is 1. The molecule has 0 fully saturated rings. The maximum absolute atomic E-state index is 6.05. The molecular formula is C16H21BrN2OS. The number of halogens is 1. The van der Waals surface area contributed by atoms with Crippen molar-refractivity contribution < 1.29 is 4.74 Å². The summed E-state index contributed by atoms with van der Waals surface area (Å²) in [5.41, 5.74) is 3.33. The number of thiazole rings is 1. The second-order valence-electron chi connectivity index (χ2n) is 4.87. The molecule has 0 bridgehead atoms. The van der Waals surface area contributed by atoms with E-state index in [1.807, 2.05) is 0 Å². The molecule has 0 aliphatic rings. The third kappa shape index (κ3) is 4.53. The van der Waals surface area contributed by atoms with Crippen LogP contribution in [0.2, 0.25) is 0 Å². The first-order valence-corrected chi connectivity index (χ1v) is 8.87. The summed E-state index contributed by atoms with van der Waals surface area (Å²) in [6, 6.07) is 4.20. The van der Waals surface area contributed by atoms with Crippen molar-refractivity contribution in [3.63, 3.8) is 0 Å². The molecule has 0 unspecified atom stereocenters. The smallest absolute Gasteiger partial charge is 0.131 e. The Bertz CT molecular complexity index is 598. The largest absolute Gasteiger partial charge is 0.487 e.